The number of carbonyl (C=O) groups is 2. The van der Waals surface area contributed by atoms with Crippen molar-refractivity contribution in [2.75, 3.05) is 11.9 Å². The van der Waals surface area contributed by atoms with Crippen molar-refractivity contribution in [3.8, 4) is 0 Å². The number of nitrogens with one attached hydrogen (secondary N) is 1. The Morgan fingerprint density at radius 3 is 2.73 bits per heavy atom. The summed E-state index contributed by atoms with van der Waals surface area (Å²) in [5, 5.41) is 2.30. The number of aryl methyl sites for hydroxylation is 1. The highest BCUT2D eigenvalue weighted by molar-refractivity contribution is 6.31. The highest BCUT2D eigenvalue weighted by Crippen LogP contribution is 2.19. The first-order valence-electron chi connectivity index (χ1n) is 6.16. The number of halogens is 2. The molecular weight excluding hydrogens is 313 g/mol. The monoisotopic (exact) mass is 323 g/mol. The molecule has 1 heterocycles. The Hall–Kier alpha value is -2.54. The molecule has 0 spiro atoms. The molecule has 0 aliphatic heterocycles. The highest BCUT2D eigenvalue weighted by Gasteiger charge is 2.12. The van der Waals surface area contributed by atoms with Crippen molar-refractivity contribution in [2.45, 2.75) is 6.92 Å². The van der Waals surface area contributed by atoms with Crippen LogP contribution in [0, 0.1) is 12.7 Å². The predicted octanol–water partition coefficient (Wildman–Crippen LogP) is 2.37. The summed E-state index contributed by atoms with van der Waals surface area (Å²) < 4.78 is 17.8. The smallest absolute Gasteiger partial charge is 0.359 e. The number of nitrogens with zero attached hydrogens (tertiary/aromatic N) is 2. The van der Waals surface area contributed by atoms with Crippen LogP contribution in [0.15, 0.2) is 30.6 Å². The SMILES string of the molecule is Cc1cnc(C(=O)OCC(=O)Nc2ccc(F)c(Cl)c2)cn1. The topological polar surface area (TPSA) is 81.2 Å². The van der Waals surface area contributed by atoms with Crippen LogP contribution < -0.4 is 5.32 Å². The molecule has 0 unspecified atom stereocenters. The van der Waals surface area contributed by atoms with Gasteiger partial charge in [-0.05, 0) is 25.1 Å². The Balaban J connectivity index is 1.88. The molecule has 2 aromatic rings. The number of benzene rings is 1. The van der Waals surface area contributed by atoms with Crippen LogP contribution in [0.1, 0.15) is 16.2 Å². The molecule has 0 fully saturated rings. The quantitative estimate of drug-likeness (QED) is 0.874. The van der Waals surface area contributed by atoms with Crippen LogP contribution in [0.25, 0.3) is 0 Å². The molecule has 0 bridgehead atoms. The molecule has 0 radical (unpaired) electrons. The van der Waals surface area contributed by atoms with Crippen molar-refractivity contribution in [1.29, 1.82) is 0 Å². The van der Waals surface area contributed by atoms with E-state index in [1.165, 1.54) is 24.5 Å². The molecule has 1 N–H and O–H groups in total. The Bertz CT molecular complexity index is 707. The van der Waals surface area contributed by atoms with Gasteiger partial charge in [-0.15, -0.1) is 0 Å². The number of anilines is 1. The summed E-state index contributed by atoms with van der Waals surface area (Å²) in [5.41, 5.74) is 0.952. The normalized spacial score (nSPS) is 10.1. The van der Waals surface area contributed by atoms with Gasteiger partial charge in [0.05, 0.1) is 16.9 Å². The van der Waals surface area contributed by atoms with Gasteiger partial charge in [0.15, 0.2) is 12.3 Å². The highest BCUT2D eigenvalue weighted by atomic mass is 35.5. The average Bonchev–Trinajstić information content (AvgIpc) is 2.49. The van der Waals surface area contributed by atoms with Gasteiger partial charge in [0.1, 0.15) is 5.82 Å². The number of rotatable bonds is 4. The third-order valence-electron chi connectivity index (χ3n) is 2.53. The first kappa shape index (κ1) is 15.8. The van der Waals surface area contributed by atoms with Crippen LogP contribution in [0.4, 0.5) is 10.1 Å². The molecule has 0 atom stereocenters. The number of hydrogen-bond acceptors (Lipinski definition) is 5. The number of esters is 1. The Labute approximate surface area is 130 Å². The van der Waals surface area contributed by atoms with Gasteiger partial charge in [-0.2, -0.15) is 0 Å². The molecule has 114 valence electrons. The van der Waals surface area contributed by atoms with Gasteiger partial charge in [-0.1, -0.05) is 11.6 Å². The van der Waals surface area contributed by atoms with E-state index in [0.29, 0.717) is 11.4 Å². The van der Waals surface area contributed by atoms with Crippen molar-refractivity contribution in [3.05, 3.63) is 52.8 Å². The number of carbonyl (C=O) groups excluding carboxylic acids is 2. The van der Waals surface area contributed by atoms with E-state index in [-0.39, 0.29) is 10.7 Å². The minimum absolute atomic E-state index is 0.00299. The molecule has 0 aliphatic rings. The van der Waals surface area contributed by atoms with Crippen molar-refractivity contribution in [3.63, 3.8) is 0 Å². The van der Waals surface area contributed by atoms with Gasteiger partial charge >= 0.3 is 5.97 Å². The fourth-order valence-corrected chi connectivity index (χ4v) is 1.65. The molecular formula is C14H11ClFN3O3. The van der Waals surface area contributed by atoms with Crippen LogP contribution in [0.3, 0.4) is 0 Å². The molecule has 2 rings (SSSR count). The third kappa shape index (κ3) is 4.23. The molecule has 1 amide bonds. The summed E-state index contributed by atoms with van der Waals surface area (Å²) in [7, 11) is 0. The van der Waals surface area contributed by atoms with E-state index >= 15 is 0 Å². The second-order valence-corrected chi connectivity index (χ2v) is 4.70. The minimum atomic E-state index is -0.764. The summed E-state index contributed by atoms with van der Waals surface area (Å²) in [6.07, 6.45) is 2.67. The van der Waals surface area contributed by atoms with Crippen LogP contribution in [-0.4, -0.2) is 28.5 Å². The number of hydrogen-bond donors (Lipinski definition) is 1. The van der Waals surface area contributed by atoms with E-state index in [4.69, 9.17) is 16.3 Å². The number of amides is 1. The summed E-state index contributed by atoms with van der Waals surface area (Å²) in [4.78, 5) is 31.0. The van der Waals surface area contributed by atoms with Crippen LogP contribution in [-0.2, 0) is 9.53 Å². The van der Waals surface area contributed by atoms with Crippen molar-refractivity contribution in [2.24, 2.45) is 0 Å². The largest absolute Gasteiger partial charge is 0.451 e. The van der Waals surface area contributed by atoms with Gasteiger partial charge < -0.3 is 10.1 Å². The summed E-state index contributed by atoms with van der Waals surface area (Å²) in [6, 6.07) is 3.71. The van der Waals surface area contributed by atoms with E-state index in [1.54, 1.807) is 6.92 Å². The lowest BCUT2D eigenvalue weighted by Crippen LogP contribution is -2.21. The van der Waals surface area contributed by atoms with Crippen molar-refractivity contribution in [1.82, 2.24) is 9.97 Å². The molecule has 8 heteroatoms. The lowest BCUT2D eigenvalue weighted by atomic mass is 10.3. The Morgan fingerprint density at radius 2 is 2.09 bits per heavy atom. The van der Waals surface area contributed by atoms with E-state index < -0.39 is 24.3 Å². The molecule has 1 aromatic heterocycles. The third-order valence-corrected chi connectivity index (χ3v) is 2.82. The predicted molar refractivity (Wildman–Crippen MR) is 77.1 cm³/mol. The summed E-state index contributed by atoms with van der Waals surface area (Å²) >= 11 is 5.59. The fraction of sp³-hybridized carbons (Fsp3) is 0.143. The lowest BCUT2D eigenvalue weighted by molar-refractivity contribution is -0.119. The van der Waals surface area contributed by atoms with Gasteiger partial charge in [0.2, 0.25) is 0 Å². The molecule has 0 saturated heterocycles. The lowest BCUT2D eigenvalue weighted by Gasteiger charge is -2.07. The zero-order chi connectivity index (χ0) is 16.1. The number of aromatic nitrogens is 2. The van der Waals surface area contributed by atoms with Crippen molar-refractivity contribution >= 4 is 29.2 Å². The maximum Gasteiger partial charge on any atom is 0.359 e. The van der Waals surface area contributed by atoms with Gasteiger partial charge in [0, 0.05) is 11.9 Å². The second kappa shape index (κ2) is 6.95. The Morgan fingerprint density at radius 1 is 1.32 bits per heavy atom. The zero-order valence-electron chi connectivity index (χ0n) is 11.5. The Kier molecular flexibility index (Phi) is 5.00. The van der Waals surface area contributed by atoms with Crippen molar-refractivity contribution < 1.29 is 18.7 Å². The maximum absolute atomic E-state index is 13.0. The molecule has 6 nitrogen and oxygen atoms in total. The molecule has 1 aromatic carbocycles. The van der Waals surface area contributed by atoms with Crippen LogP contribution in [0.2, 0.25) is 5.02 Å². The number of ether oxygens (including phenoxy) is 1. The summed E-state index contributed by atoms with van der Waals surface area (Å²) in [5.74, 6) is -1.94. The van der Waals surface area contributed by atoms with Gasteiger partial charge in [-0.3, -0.25) is 9.78 Å². The summed E-state index contributed by atoms with van der Waals surface area (Å²) in [6.45, 7) is 1.22. The van der Waals surface area contributed by atoms with Crippen LogP contribution >= 0.6 is 11.6 Å². The minimum Gasteiger partial charge on any atom is -0.451 e. The standard InChI is InChI=1S/C14H11ClFN3O3/c1-8-5-18-12(6-17-8)14(21)22-7-13(20)19-9-2-3-11(16)10(15)4-9/h2-6H,7H2,1H3,(H,19,20). The first-order valence-corrected chi connectivity index (χ1v) is 6.54. The average molecular weight is 324 g/mol. The van der Waals surface area contributed by atoms with E-state index in [1.807, 2.05) is 0 Å². The van der Waals surface area contributed by atoms with E-state index in [0.717, 1.165) is 6.07 Å². The molecule has 0 aliphatic carbocycles. The van der Waals surface area contributed by atoms with Gasteiger partial charge in [-0.25, -0.2) is 14.2 Å². The fourth-order valence-electron chi connectivity index (χ4n) is 1.47. The molecule has 0 saturated carbocycles. The van der Waals surface area contributed by atoms with Gasteiger partial charge in [0.25, 0.3) is 5.91 Å². The maximum atomic E-state index is 13.0. The van der Waals surface area contributed by atoms with E-state index in [2.05, 4.69) is 15.3 Å². The first-order chi connectivity index (χ1) is 10.5. The second-order valence-electron chi connectivity index (χ2n) is 4.30. The zero-order valence-corrected chi connectivity index (χ0v) is 12.2. The van der Waals surface area contributed by atoms with E-state index in [9.17, 15) is 14.0 Å². The van der Waals surface area contributed by atoms with Crippen LogP contribution in [0.5, 0.6) is 0 Å². The molecule has 22 heavy (non-hydrogen) atoms.